The van der Waals surface area contributed by atoms with Gasteiger partial charge < -0.3 is 5.32 Å². The topological polar surface area (TPSA) is 89.0 Å². The van der Waals surface area contributed by atoms with Gasteiger partial charge in [0.15, 0.2) is 0 Å². The van der Waals surface area contributed by atoms with E-state index in [4.69, 9.17) is 10.7 Å². The first kappa shape index (κ1) is 14.9. The molecule has 1 aromatic carbocycles. The summed E-state index contributed by atoms with van der Waals surface area (Å²) in [5, 5.41) is 6.30. The summed E-state index contributed by atoms with van der Waals surface area (Å²) in [6, 6.07) is 2.83. The van der Waals surface area contributed by atoms with E-state index in [1.54, 1.807) is 13.8 Å². The van der Waals surface area contributed by atoms with E-state index >= 15 is 0 Å². The van der Waals surface area contributed by atoms with Crippen molar-refractivity contribution in [1.82, 2.24) is 9.59 Å². The zero-order chi connectivity index (χ0) is 14.9. The average Bonchev–Trinajstić information content (AvgIpc) is 2.85. The fourth-order valence-electron chi connectivity index (χ4n) is 1.70. The van der Waals surface area contributed by atoms with E-state index in [1.807, 2.05) is 0 Å². The van der Waals surface area contributed by atoms with Gasteiger partial charge in [-0.3, -0.25) is 4.79 Å². The number of nitrogens with one attached hydrogen (secondary N) is 1. The summed E-state index contributed by atoms with van der Waals surface area (Å²) in [7, 11) is 1.52. The summed E-state index contributed by atoms with van der Waals surface area (Å²) >= 11 is 0.979. The molecule has 0 aliphatic heterocycles. The minimum Gasteiger partial charge on any atom is -0.321 e. The van der Waals surface area contributed by atoms with Crippen LogP contribution in [0.5, 0.6) is 0 Å². The number of hydrogen-bond acceptors (Lipinski definition) is 6. The van der Waals surface area contributed by atoms with Crippen molar-refractivity contribution in [1.29, 1.82) is 0 Å². The highest BCUT2D eigenvalue weighted by Gasteiger charge is 2.16. The van der Waals surface area contributed by atoms with Crippen LogP contribution >= 0.6 is 22.2 Å². The van der Waals surface area contributed by atoms with Crippen molar-refractivity contribution in [2.75, 3.05) is 5.32 Å². The Morgan fingerprint density at radius 2 is 1.90 bits per heavy atom. The number of benzene rings is 1. The molecule has 0 aliphatic rings. The van der Waals surface area contributed by atoms with E-state index in [0.717, 1.165) is 11.5 Å². The number of carbonyl (C=O) groups is 1. The van der Waals surface area contributed by atoms with Gasteiger partial charge in [-0.2, -0.15) is 0 Å². The van der Waals surface area contributed by atoms with Gasteiger partial charge in [-0.15, -0.1) is 5.10 Å². The van der Waals surface area contributed by atoms with Crippen LogP contribution in [0, 0.1) is 13.8 Å². The molecular weight excluding hydrogens is 322 g/mol. The summed E-state index contributed by atoms with van der Waals surface area (Å²) in [5.41, 5.74) is 1.76. The van der Waals surface area contributed by atoms with Crippen LogP contribution in [0.15, 0.2) is 23.2 Å². The second kappa shape index (κ2) is 5.47. The maximum absolute atomic E-state index is 11.9. The minimum atomic E-state index is -3.79. The van der Waals surface area contributed by atoms with Crippen molar-refractivity contribution in [3.05, 3.63) is 34.3 Å². The molecule has 0 atom stereocenters. The van der Waals surface area contributed by atoms with E-state index in [1.165, 1.54) is 18.3 Å². The third-order valence-electron chi connectivity index (χ3n) is 2.61. The summed E-state index contributed by atoms with van der Waals surface area (Å²) in [4.78, 5) is 12.3. The maximum Gasteiger partial charge on any atom is 0.269 e. The van der Waals surface area contributed by atoms with Gasteiger partial charge in [0.25, 0.3) is 15.0 Å². The molecule has 0 fully saturated rings. The van der Waals surface area contributed by atoms with E-state index in [-0.39, 0.29) is 10.8 Å². The molecule has 0 unspecified atom stereocenters. The van der Waals surface area contributed by atoms with Gasteiger partial charge in [-0.1, -0.05) is 4.49 Å². The van der Waals surface area contributed by atoms with Crippen molar-refractivity contribution in [3.8, 4) is 0 Å². The molecule has 0 bridgehead atoms. The highest BCUT2D eigenvalue weighted by atomic mass is 35.7. The third-order valence-corrected chi connectivity index (χ3v) is 4.61. The largest absolute Gasteiger partial charge is 0.321 e. The SMILES string of the molecule is Cc1cc(S(=O)(=O)Cl)cc(C)c1NC(=O)c1cnns1. The molecule has 9 heteroatoms. The van der Waals surface area contributed by atoms with Gasteiger partial charge in [-0.05, 0) is 48.6 Å². The molecule has 0 spiro atoms. The Morgan fingerprint density at radius 1 is 1.30 bits per heavy atom. The van der Waals surface area contributed by atoms with Gasteiger partial charge in [0.2, 0.25) is 0 Å². The molecule has 0 saturated heterocycles. The lowest BCUT2D eigenvalue weighted by Gasteiger charge is -2.12. The highest BCUT2D eigenvalue weighted by Crippen LogP contribution is 2.27. The second-order valence-electron chi connectivity index (χ2n) is 4.11. The number of nitrogens with zero attached hydrogens (tertiary/aromatic N) is 2. The third kappa shape index (κ3) is 3.14. The molecule has 0 saturated carbocycles. The molecule has 1 N–H and O–H groups in total. The summed E-state index contributed by atoms with van der Waals surface area (Å²) in [6.45, 7) is 3.39. The number of halogens is 1. The Kier molecular flexibility index (Phi) is 4.07. The first-order valence-corrected chi connectivity index (χ1v) is 8.52. The fraction of sp³-hybridized carbons (Fsp3) is 0.182. The van der Waals surface area contributed by atoms with Crippen molar-refractivity contribution in [3.63, 3.8) is 0 Å². The van der Waals surface area contributed by atoms with Crippen molar-refractivity contribution < 1.29 is 13.2 Å². The number of anilines is 1. The normalized spacial score (nSPS) is 11.3. The standard InChI is InChI=1S/C11H10ClN3O3S2/c1-6-3-8(20(12,17)18)4-7(2)10(6)14-11(16)9-5-13-15-19-9/h3-5H,1-2H3,(H,14,16). The van der Waals surface area contributed by atoms with Crippen LogP contribution in [-0.2, 0) is 9.05 Å². The molecule has 1 amide bonds. The Hall–Kier alpha value is -1.51. The number of aryl methyl sites for hydroxylation is 2. The van der Waals surface area contributed by atoms with Crippen LogP contribution in [0.4, 0.5) is 5.69 Å². The van der Waals surface area contributed by atoms with E-state index in [0.29, 0.717) is 21.7 Å². The molecule has 20 heavy (non-hydrogen) atoms. The lowest BCUT2D eigenvalue weighted by atomic mass is 10.1. The predicted molar refractivity (Wildman–Crippen MR) is 76.8 cm³/mol. The lowest BCUT2D eigenvalue weighted by Crippen LogP contribution is -2.12. The predicted octanol–water partition coefficient (Wildman–Crippen LogP) is 2.33. The van der Waals surface area contributed by atoms with Crippen LogP contribution in [0.2, 0.25) is 0 Å². The summed E-state index contributed by atoms with van der Waals surface area (Å²) < 4.78 is 26.3. The van der Waals surface area contributed by atoms with Gasteiger partial charge in [0.1, 0.15) is 4.88 Å². The second-order valence-corrected chi connectivity index (χ2v) is 7.46. The number of carbonyl (C=O) groups excluding carboxylic acids is 1. The van der Waals surface area contributed by atoms with Crippen molar-refractivity contribution in [2.24, 2.45) is 0 Å². The van der Waals surface area contributed by atoms with Gasteiger partial charge in [0, 0.05) is 16.4 Å². The number of rotatable bonds is 3. The molecule has 106 valence electrons. The molecule has 2 aromatic rings. The highest BCUT2D eigenvalue weighted by molar-refractivity contribution is 8.13. The van der Waals surface area contributed by atoms with E-state index in [2.05, 4.69) is 14.9 Å². The fourth-order valence-corrected chi connectivity index (χ4v) is 3.02. The zero-order valence-corrected chi connectivity index (χ0v) is 12.9. The molecule has 0 radical (unpaired) electrons. The maximum atomic E-state index is 11.9. The molecular formula is C11H10ClN3O3S2. The molecule has 1 aromatic heterocycles. The smallest absolute Gasteiger partial charge is 0.269 e. The summed E-state index contributed by atoms with van der Waals surface area (Å²) in [6.07, 6.45) is 1.36. The van der Waals surface area contributed by atoms with Crippen LogP contribution in [-0.4, -0.2) is 23.9 Å². The average molecular weight is 332 g/mol. The Labute approximate surface area is 124 Å². The summed E-state index contributed by atoms with van der Waals surface area (Å²) in [5.74, 6) is -0.340. The van der Waals surface area contributed by atoms with Crippen LogP contribution in [0.25, 0.3) is 0 Å². The number of aromatic nitrogens is 2. The van der Waals surface area contributed by atoms with Crippen LogP contribution in [0.3, 0.4) is 0 Å². The quantitative estimate of drug-likeness (QED) is 0.872. The Bertz CT molecular complexity index is 734. The minimum absolute atomic E-state index is 0.00613. The first-order chi connectivity index (χ1) is 9.29. The van der Waals surface area contributed by atoms with Crippen LogP contribution in [0.1, 0.15) is 20.8 Å². The molecule has 2 rings (SSSR count). The van der Waals surface area contributed by atoms with E-state index < -0.39 is 9.05 Å². The van der Waals surface area contributed by atoms with Crippen molar-refractivity contribution in [2.45, 2.75) is 18.7 Å². The number of amides is 1. The van der Waals surface area contributed by atoms with Gasteiger partial charge >= 0.3 is 0 Å². The first-order valence-electron chi connectivity index (χ1n) is 5.43. The zero-order valence-electron chi connectivity index (χ0n) is 10.5. The van der Waals surface area contributed by atoms with Gasteiger partial charge in [-0.25, -0.2) is 8.42 Å². The number of hydrogen-bond donors (Lipinski definition) is 1. The Balaban J connectivity index is 2.37. The van der Waals surface area contributed by atoms with Crippen molar-refractivity contribution >= 4 is 42.9 Å². The van der Waals surface area contributed by atoms with Gasteiger partial charge in [0.05, 0.1) is 11.1 Å². The van der Waals surface area contributed by atoms with Crippen LogP contribution < -0.4 is 5.32 Å². The molecule has 1 heterocycles. The molecule has 0 aliphatic carbocycles. The molecule has 6 nitrogen and oxygen atoms in total. The monoisotopic (exact) mass is 331 g/mol. The Morgan fingerprint density at radius 3 is 2.35 bits per heavy atom. The van der Waals surface area contributed by atoms with E-state index in [9.17, 15) is 13.2 Å². The lowest BCUT2D eigenvalue weighted by molar-refractivity contribution is 0.103.